The summed E-state index contributed by atoms with van der Waals surface area (Å²) < 4.78 is 0. The summed E-state index contributed by atoms with van der Waals surface area (Å²) in [5.41, 5.74) is 3.90. The first-order chi connectivity index (χ1) is 12.4. The first-order valence-corrected chi connectivity index (χ1v) is 8.87. The molecule has 0 amide bonds. The van der Waals surface area contributed by atoms with Crippen LogP contribution in [0.5, 0.6) is 0 Å². The highest BCUT2D eigenvalue weighted by molar-refractivity contribution is 5.85. The summed E-state index contributed by atoms with van der Waals surface area (Å²) in [6.07, 6.45) is 1.95. The predicted octanol–water partition coefficient (Wildman–Crippen LogP) is 5.53. The molecule has 0 saturated heterocycles. The van der Waals surface area contributed by atoms with E-state index in [4.69, 9.17) is 4.99 Å². The fourth-order valence-electron chi connectivity index (χ4n) is 3.43. The molecule has 0 spiro atoms. The van der Waals surface area contributed by atoms with Gasteiger partial charge in [0, 0.05) is 6.42 Å². The van der Waals surface area contributed by atoms with Crippen LogP contribution in [0, 0.1) is 0 Å². The van der Waals surface area contributed by atoms with Crippen molar-refractivity contribution in [3.63, 3.8) is 0 Å². The molecule has 2 nitrogen and oxygen atoms in total. The molecule has 1 aliphatic rings. The Morgan fingerprint density at radius 2 is 1.19 bits per heavy atom. The third kappa shape index (κ3) is 4.14. The van der Waals surface area contributed by atoms with Gasteiger partial charge in [0.2, 0.25) is 0 Å². The van der Waals surface area contributed by atoms with E-state index in [-0.39, 0.29) is 24.5 Å². The van der Waals surface area contributed by atoms with Crippen molar-refractivity contribution in [2.45, 2.75) is 24.9 Å². The van der Waals surface area contributed by atoms with Crippen molar-refractivity contribution < 1.29 is 0 Å². The molecule has 26 heavy (non-hydrogen) atoms. The Labute approximate surface area is 161 Å². The van der Waals surface area contributed by atoms with Crippen LogP contribution in [0.1, 0.15) is 35.2 Å². The topological polar surface area (TPSA) is 24.4 Å². The fourth-order valence-corrected chi connectivity index (χ4v) is 3.43. The molecule has 2 unspecified atom stereocenters. The Morgan fingerprint density at radius 1 is 0.654 bits per heavy atom. The van der Waals surface area contributed by atoms with Gasteiger partial charge in [0.1, 0.15) is 6.04 Å². The third-order valence-corrected chi connectivity index (χ3v) is 4.73. The zero-order valence-corrected chi connectivity index (χ0v) is 15.4. The number of hydrogen-bond donors (Lipinski definition) is 1. The van der Waals surface area contributed by atoms with Crippen LogP contribution in [0.25, 0.3) is 0 Å². The van der Waals surface area contributed by atoms with Crippen molar-refractivity contribution in [1.82, 2.24) is 5.32 Å². The molecule has 1 heterocycles. The Hall–Kier alpha value is -2.58. The second-order valence-electron chi connectivity index (χ2n) is 6.45. The smallest absolute Gasteiger partial charge is 0.101 e. The Bertz CT molecular complexity index is 832. The van der Waals surface area contributed by atoms with Crippen LogP contribution in [-0.2, 0) is 6.42 Å². The summed E-state index contributed by atoms with van der Waals surface area (Å²) in [6, 6.07) is 32.2. The van der Waals surface area contributed by atoms with Crippen LogP contribution in [0.15, 0.2) is 96.0 Å². The van der Waals surface area contributed by atoms with Gasteiger partial charge in [0.25, 0.3) is 0 Å². The molecular weight excluding hydrogens is 340 g/mol. The highest BCUT2D eigenvalue weighted by Crippen LogP contribution is 2.36. The Morgan fingerprint density at radius 3 is 1.81 bits per heavy atom. The van der Waals surface area contributed by atoms with Gasteiger partial charge in [-0.05, 0) is 23.1 Å². The van der Waals surface area contributed by atoms with Gasteiger partial charge in [0.05, 0.1) is 11.9 Å². The molecule has 1 N–H and O–H groups in total. The molecular formula is C23H23ClN2. The van der Waals surface area contributed by atoms with Crippen molar-refractivity contribution in [2.75, 3.05) is 0 Å². The summed E-state index contributed by atoms with van der Waals surface area (Å²) in [7, 11) is 0. The molecule has 0 fully saturated rings. The van der Waals surface area contributed by atoms with Gasteiger partial charge in [0.15, 0.2) is 0 Å². The number of nitrogens with one attached hydrogen (secondary N) is 1. The minimum atomic E-state index is 0. The monoisotopic (exact) mass is 362 g/mol. The molecule has 0 aromatic heterocycles. The number of amidine groups is 1. The molecule has 132 valence electrons. The lowest BCUT2D eigenvalue weighted by Gasteiger charge is -2.19. The minimum absolute atomic E-state index is 0. The molecule has 0 radical (unpaired) electrons. The summed E-state index contributed by atoms with van der Waals surface area (Å²) in [5.74, 6) is 1.10. The summed E-state index contributed by atoms with van der Waals surface area (Å²) in [5, 5.41) is 3.68. The first-order valence-electron chi connectivity index (χ1n) is 8.87. The van der Waals surface area contributed by atoms with E-state index < -0.39 is 0 Å². The molecule has 2 atom stereocenters. The van der Waals surface area contributed by atoms with Crippen LogP contribution >= 0.6 is 12.4 Å². The van der Waals surface area contributed by atoms with Crippen molar-refractivity contribution in [2.24, 2.45) is 4.99 Å². The van der Waals surface area contributed by atoms with Gasteiger partial charge >= 0.3 is 0 Å². The standard InChI is InChI=1S/C23H22N2.ClH/c1-4-10-18(11-5-1)16-17-21-24-22(19-12-6-2-7-13-19)23(25-21)20-14-8-3-9-15-20;/h1-15,22-23H,16-17H2,(H,24,25);1H. The lowest BCUT2D eigenvalue weighted by molar-refractivity contribution is 0.571. The van der Waals surface area contributed by atoms with E-state index in [0.29, 0.717) is 0 Å². The van der Waals surface area contributed by atoms with E-state index in [1.807, 2.05) is 0 Å². The van der Waals surface area contributed by atoms with E-state index in [9.17, 15) is 0 Å². The van der Waals surface area contributed by atoms with Crippen molar-refractivity contribution in [3.05, 3.63) is 108 Å². The average molecular weight is 363 g/mol. The lowest BCUT2D eigenvalue weighted by Crippen LogP contribution is -2.24. The van der Waals surface area contributed by atoms with E-state index >= 15 is 0 Å². The number of nitrogens with zero attached hydrogens (tertiary/aromatic N) is 1. The summed E-state index contributed by atoms with van der Waals surface area (Å²) in [4.78, 5) is 5.04. The minimum Gasteiger partial charge on any atom is -0.364 e. The first kappa shape index (κ1) is 18.2. The molecule has 3 heteroatoms. The largest absolute Gasteiger partial charge is 0.364 e. The maximum Gasteiger partial charge on any atom is 0.101 e. The molecule has 4 rings (SSSR count). The predicted molar refractivity (Wildman–Crippen MR) is 111 cm³/mol. The van der Waals surface area contributed by atoms with Crippen LogP contribution in [0.2, 0.25) is 0 Å². The maximum absolute atomic E-state index is 5.04. The number of aryl methyl sites for hydroxylation is 1. The zero-order valence-electron chi connectivity index (χ0n) is 14.6. The number of rotatable bonds is 5. The van der Waals surface area contributed by atoms with Gasteiger partial charge in [-0.15, -0.1) is 12.4 Å². The van der Waals surface area contributed by atoms with Crippen LogP contribution in [0.4, 0.5) is 0 Å². The highest BCUT2D eigenvalue weighted by atomic mass is 35.5. The van der Waals surface area contributed by atoms with E-state index in [2.05, 4.69) is 96.3 Å². The molecule has 0 aliphatic carbocycles. The maximum atomic E-state index is 5.04. The van der Waals surface area contributed by atoms with E-state index in [0.717, 1.165) is 18.7 Å². The fraction of sp³-hybridized carbons (Fsp3) is 0.174. The van der Waals surface area contributed by atoms with Gasteiger partial charge in [-0.3, -0.25) is 4.99 Å². The van der Waals surface area contributed by atoms with Gasteiger partial charge < -0.3 is 5.32 Å². The number of halogens is 1. The molecule has 0 saturated carbocycles. The third-order valence-electron chi connectivity index (χ3n) is 4.73. The normalized spacial score (nSPS) is 18.5. The second kappa shape index (κ2) is 8.68. The van der Waals surface area contributed by atoms with Gasteiger partial charge in [-0.2, -0.15) is 0 Å². The molecule has 0 bridgehead atoms. The zero-order chi connectivity index (χ0) is 16.9. The van der Waals surface area contributed by atoms with Crippen LogP contribution < -0.4 is 5.32 Å². The van der Waals surface area contributed by atoms with Gasteiger partial charge in [-0.1, -0.05) is 91.0 Å². The lowest BCUT2D eigenvalue weighted by atomic mass is 9.95. The molecule has 3 aromatic rings. The van der Waals surface area contributed by atoms with Crippen molar-refractivity contribution >= 4 is 18.2 Å². The van der Waals surface area contributed by atoms with Crippen LogP contribution in [0.3, 0.4) is 0 Å². The SMILES string of the molecule is Cl.c1ccc(CCC2=NC(c3ccccc3)C(c3ccccc3)N2)cc1. The summed E-state index contributed by atoms with van der Waals surface area (Å²) in [6.45, 7) is 0. The van der Waals surface area contributed by atoms with Crippen molar-refractivity contribution in [3.8, 4) is 0 Å². The van der Waals surface area contributed by atoms with E-state index in [1.165, 1.54) is 16.7 Å². The highest BCUT2D eigenvalue weighted by Gasteiger charge is 2.30. The number of benzene rings is 3. The molecule has 1 aliphatic heterocycles. The Balaban J connectivity index is 0.00000196. The van der Waals surface area contributed by atoms with Gasteiger partial charge in [-0.25, -0.2) is 0 Å². The summed E-state index contributed by atoms with van der Waals surface area (Å²) >= 11 is 0. The van der Waals surface area contributed by atoms with E-state index in [1.54, 1.807) is 0 Å². The quantitative estimate of drug-likeness (QED) is 0.634. The van der Waals surface area contributed by atoms with Crippen molar-refractivity contribution in [1.29, 1.82) is 0 Å². The number of hydrogen-bond acceptors (Lipinski definition) is 2. The van der Waals surface area contributed by atoms with Crippen LogP contribution in [-0.4, -0.2) is 5.84 Å². The average Bonchev–Trinajstić information content (AvgIpc) is 3.13. The Kier molecular flexibility index (Phi) is 6.08. The number of aliphatic imine (C=N–C) groups is 1. The second-order valence-corrected chi connectivity index (χ2v) is 6.45. The molecule has 3 aromatic carbocycles.